The molecule has 4 aromatic carbocycles. The Labute approximate surface area is 175 Å². The van der Waals surface area contributed by atoms with Crippen LogP contribution in [0.15, 0.2) is 102 Å². The molecule has 4 rings (SSSR count). The van der Waals surface area contributed by atoms with Gasteiger partial charge in [0, 0.05) is 11.1 Å². The maximum absolute atomic E-state index is 12.3. The number of benzene rings is 4. The summed E-state index contributed by atoms with van der Waals surface area (Å²) in [6, 6.07) is 31.8. The minimum Gasteiger partial charge on any atom is -0.483 e. The zero-order valence-electron chi connectivity index (χ0n) is 16.7. The Morgan fingerprint density at radius 1 is 0.833 bits per heavy atom. The predicted molar refractivity (Wildman–Crippen MR) is 122 cm³/mol. The van der Waals surface area contributed by atoms with Crippen LogP contribution in [0.1, 0.15) is 12.5 Å². The van der Waals surface area contributed by atoms with Crippen molar-refractivity contribution in [2.45, 2.75) is 6.92 Å². The highest BCUT2D eigenvalue weighted by Gasteiger charge is 2.09. The van der Waals surface area contributed by atoms with Gasteiger partial charge in [0.25, 0.3) is 5.91 Å². The molecule has 1 N–H and O–H groups in total. The van der Waals surface area contributed by atoms with Crippen LogP contribution in [0.3, 0.4) is 0 Å². The first kappa shape index (κ1) is 19.4. The molecule has 0 spiro atoms. The molecule has 148 valence electrons. The molecule has 0 fully saturated rings. The lowest BCUT2D eigenvalue weighted by Crippen LogP contribution is -2.25. The Morgan fingerprint density at radius 2 is 1.53 bits per heavy atom. The van der Waals surface area contributed by atoms with Crippen LogP contribution in [0.4, 0.5) is 0 Å². The third-order valence-corrected chi connectivity index (χ3v) is 4.86. The van der Waals surface area contributed by atoms with Crippen molar-refractivity contribution >= 4 is 22.4 Å². The van der Waals surface area contributed by atoms with Crippen LogP contribution in [0.5, 0.6) is 5.75 Å². The monoisotopic (exact) mass is 394 g/mol. The Hall–Kier alpha value is -3.92. The standard InChI is InChI=1S/C26H22N2O2/c1-19(22-16-9-13-20-12-5-6-14-23(20)22)27-28-26(29)18-30-25-17-8-7-15-24(25)21-10-3-2-4-11-21/h2-17H,18H2,1H3,(H,28,29)/b27-19+. The summed E-state index contributed by atoms with van der Waals surface area (Å²) in [6.07, 6.45) is 0. The van der Waals surface area contributed by atoms with Crippen molar-refractivity contribution in [3.63, 3.8) is 0 Å². The molecule has 0 heterocycles. The van der Waals surface area contributed by atoms with Gasteiger partial charge >= 0.3 is 0 Å². The normalized spacial score (nSPS) is 11.3. The summed E-state index contributed by atoms with van der Waals surface area (Å²) in [5.41, 5.74) is 6.32. The maximum Gasteiger partial charge on any atom is 0.277 e. The average Bonchev–Trinajstić information content (AvgIpc) is 2.81. The van der Waals surface area contributed by atoms with E-state index in [0.29, 0.717) is 5.75 Å². The van der Waals surface area contributed by atoms with Crippen molar-refractivity contribution in [1.82, 2.24) is 5.43 Å². The number of nitrogens with one attached hydrogen (secondary N) is 1. The van der Waals surface area contributed by atoms with Gasteiger partial charge in [0.2, 0.25) is 0 Å². The molecule has 4 nitrogen and oxygen atoms in total. The van der Waals surface area contributed by atoms with Crippen molar-refractivity contribution in [3.8, 4) is 16.9 Å². The molecular formula is C26H22N2O2. The van der Waals surface area contributed by atoms with Crippen LogP contribution in [-0.2, 0) is 4.79 Å². The topological polar surface area (TPSA) is 50.7 Å². The van der Waals surface area contributed by atoms with E-state index in [1.807, 2.05) is 85.8 Å². The number of para-hydroxylation sites is 1. The lowest BCUT2D eigenvalue weighted by molar-refractivity contribution is -0.123. The molecule has 0 bridgehead atoms. The van der Waals surface area contributed by atoms with Crippen LogP contribution in [-0.4, -0.2) is 18.2 Å². The number of rotatable bonds is 6. The van der Waals surface area contributed by atoms with Crippen LogP contribution in [0, 0.1) is 0 Å². The van der Waals surface area contributed by atoms with Crippen LogP contribution >= 0.6 is 0 Å². The fourth-order valence-electron chi connectivity index (χ4n) is 3.37. The van der Waals surface area contributed by atoms with Gasteiger partial charge in [-0.15, -0.1) is 0 Å². The number of hydrogen-bond donors (Lipinski definition) is 1. The van der Waals surface area contributed by atoms with Gasteiger partial charge < -0.3 is 4.74 Å². The minimum atomic E-state index is -0.308. The Balaban J connectivity index is 1.44. The van der Waals surface area contributed by atoms with E-state index < -0.39 is 0 Å². The SMILES string of the molecule is C/C(=N\NC(=O)COc1ccccc1-c1ccccc1)c1cccc2ccccc12. The number of hydrogen-bond acceptors (Lipinski definition) is 3. The van der Waals surface area contributed by atoms with Gasteiger partial charge in [-0.05, 0) is 29.3 Å². The van der Waals surface area contributed by atoms with E-state index in [9.17, 15) is 4.79 Å². The van der Waals surface area contributed by atoms with Crippen molar-refractivity contribution in [2.24, 2.45) is 5.10 Å². The highest BCUT2D eigenvalue weighted by molar-refractivity contribution is 6.09. The number of nitrogens with zero attached hydrogens (tertiary/aromatic N) is 1. The molecule has 0 saturated carbocycles. The Morgan fingerprint density at radius 3 is 2.40 bits per heavy atom. The highest BCUT2D eigenvalue weighted by Crippen LogP contribution is 2.29. The largest absolute Gasteiger partial charge is 0.483 e. The predicted octanol–water partition coefficient (Wildman–Crippen LogP) is 5.43. The molecule has 0 unspecified atom stereocenters. The fraction of sp³-hybridized carbons (Fsp3) is 0.0769. The summed E-state index contributed by atoms with van der Waals surface area (Å²) in [5, 5.41) is 6.51. The first-order valence-corrected chi connectivity index (χ1v) is 9.81. The molecule has 0 atom stereocenters. The van der Waals surface area contributed by atoms with E-state index >= 15 is 0 Å². The first-order chi connectivity index (χ1) is 14.7. The van der Waals surface area contributed by atoms with Crippen LogP contribution in [0.25, 0.3) is 21.9 Å². The fourth-order valence-corrected chi connectivity index (χ4v) is 3.37. The van der Waals surface area contributed by atoms with Gasteiger partial charge in [-0.2, -0.15) is 5.10 Å². The summed E-state index contributed by atoms with van der Waals surface area (Å²) in [7, 11) is 0. The molecular weight excluding hydrogens is 372 g/mol. The van der Waals surface area contributed by atoms with Crippen molar-refractivity contribution in [2.75, 3.05) is 6.61 Å². The molecule has 0 aliphatic rings. The molecule has 0 saturated heterocycles. The molecule has 0 aliphatic carbocycles. The van der Waals surface area contributed by atoms with Crippen LogP contribution < -0.4 is 10.2 Å². The van der Waals surface area contributed by atoms with Crippen LogP contribution in [0.2, 0.25) is 0 Å². The number of amides is 1. The summed E-state index contributed by atoms with van der Waals surface area (Å²) in [4.78, 5) is 12.3. The second-order valence-electron chi connectivity index (χ2n) is 6.91. The second-order valence-corrected chi connectivity index (χ2v) is 6.91. The molecule has 0 aromatic heterocycles. The highest BCUT2D eigenvalue weighted by atomic mass is 16.5. The van der Waals surface area contributed by atoms with Gasteiger partial charge in [0.15, 0.2) is 6.61 Å². The Kier molecular flexibility index (Phi) is 5.85. The molecule has 1 amide bonds. The lowest BCUT2D eigenvalue weighted by Gasteiger charge is -2.11. The number of hydrazone groups is 1. The van der Waals surface area contributed by atoms with Crippen molar-refractivity contribution in [3.05, 3.63) is 103 Å². The zero-order chi connectivity index (χ0) is 20.8. The lowest BCUT2D eigenvalue weighted by atomic mass is 10.0. The third-order valence-electron chi connectivity index (χ3n) is 4.86. The zero-order valence-corrected chi connectivity index (χ0v) is 16.7. The minimum absolute atomic E-state index is 0.115. The first-order valence-electron chi connectivity index (χ1n) is 9.81. The number of fused-ring (bicyclic) bond motifs is 1. The van der Waals surface area contributed by atoms with E-state index in [-0.39, 0.29) is 12.5 Å². The quantitative estimate of drug-likeness (QED) is 0.350. The van der Waals surface area contributed by atoms with Gasteiger partial charge in [-0.25, -0.2) is 5.43 Å². The summed E-state index contributed by atoms with van der Waals surface area (Å²) < 4.78 is 5.78. The maximum atomic E-state index is 12.3. The summed E-state index contributed by atoms with van der Waals surface area (Å²) in [6.45, 7) is 1.77. The number of ether oxygens (including phenoxy) is 1. The molecule has 4 heteroatoms. The summed E-state index contributed by atoms with van der Waals surface area (Å²) in [5.74, 6) is 0.353. The third kappa shape index (κ3) is 4.39. The second kappa shape index (κ2) is 9.05. The smallest absolute Gasteiger partial charge is 0.277 e. The number of carbonyl (C=O) groups is 1. The van der Waals surface area contributed by atoms with Crippen molar-refractivity contribution in [1.29, 1.82) is 0 Å². The van der Waals surface area contributed by atoms with Gasteiger partial charge in [-0.3, -0.25) is 4.79 Å². The van der Waals surface area contributed by atoms with E-state index in [2.05, 4.69) is 28.7 Å². The van der Waals surface area contributed by atoms with Crippen molar-refractivity contribution < 1.29 is 9.53 Å². The Bertz CT molecular complexity index is 1190. The van der Waals surface area contributed by atoms with E-state index in [0.717, 1.165) is 33.2 Å². The summed E-state index contributed by atoms with van der Waals surface area (Å²) >= 11 is 0. The van der Waals surface area contributed by atoms with Gasteiger partial charge in [0.1, 0.15) is 5.75 Å². The molecule has 0 radical (unpaired) electrons. The molecule has 30 heavy (non-hydrogen) atoms. The van der Waals surface area contributed by atoms with E-state index in [4.69, 9.17) is 4.74 Å². The van der Waals surface area contributed by atoms with Gasteiger partial charge in [-0.1, -0.05) is 91.0 Å². The average molecular weight is 394 g/mol. The number of carbonyl (C=O) groups excluding carboxylic acids is 1. The molecule has 4 aromatic rings. The van der Waals surface area contributed by atoms with E-state index in [1.54, 1.807) is 0 Å². The molecule has 0 aliphatic heterocycles. The van der Waals surface area contributed by atoms with Gasteiger partial charge in [0.05, 0.1) is 5.71 Å². The van der Waals surface area contributed by atoms with E-state index in [1.165, 1.54) is 0 Å².